The number of carbonyl (C=O) groups excluding carboxylic acids is 2. The van der Waals surface area contributed by atoms with E-state index in [4.69, 9.17) is 11.6 Å². The highest BCUT2D eigenvalue weighted by molar-refractivity contribution is 6.31. The summed E-state index contributed by atoms with van der Waals surface area (Å²) in [5, 5.41) is 2.74. The van der Waals surface area contributed by atoms with Gasteiger partial charge >= 0.3 is 6.18 Å². The van der Waals surface area contributed by atoms with E-state index in [2.05, 4.69) is 5.32 Å². The van der Waals surface area contributed by atoms with Crippen LogP contribution in [0.4, 0.5) is 22.0 Å². The first-order chi connectivity index (χ1) is 14.6. The summed E-state index contributed by atoms with van der Waals surface area (Å²) < 4.78 is 64.8. The van der Waals surface area contributed by atoms with Crippen LogP contribution in [0, 0.1) is 0 Å². The fraction of sp³-hybridized carbons (Fsp3) is 0.333. The summed E-state index contributed by atoms with van der Waals surface area (Å²) >= 11 is 6.00. The first-order valence-corrected chi connectivity index (χ1v) is 9.78. The molecule has 2 aromatic rings. The number of nitrogens with zero attached hydrogens (tertiary/aromatic N) is 1. The molecule has 0 spiro atoms. The van der Waals surface area contributed by atoms with E-state index in [0.717, 1.165) is 11.0 Å². The Morgan fingerprint density at radius 2 is 1.87 bits per heavy atom. The van der Waals surface area contributed by atoms with E-state index in [1.54, 1.807) is 0 Å². The normalized spacial score (nSPS) is 16.0. The van der Waals surface area contributed by atoms with Gasteiger partial charge in [-0.3, -0.25) is 9.59 Å². The molecule has 1 heterocycles. The molecule has 166 valence electrons. The van der Waals surface area contributed by atoms with Crippen LogP contribution in [0.3, 0.4) is 0 Å². The third-order valence-corrected chi connectivity index (χ3v) is 5.16. The van der Waals surface area contributed by atoms with Gasteiger partial charge in [-0.25, -0.2) is 8.78 Å². The molecule has 0 fully saturated rings. The fourth-order valence-corrected chi connectivity index (χ4v) is 3.70. The summed E-state index contributed by atoms with van der Waals surface area (Å²) in [6.45, 7) is -0.521. The van der Waals surface area contributed by atoms with Crippen molar-refractivity contribution in [3.63, 3.8) is 0 Å². The Morgan fingerprint density at radius 3 is 2.55 bits per heavy atom. The third kappa shape index (κ3) is 5.15. The standard InChI is InChI=1S/C21H18ClF5N2O2/c22-13-7-8-14-15(10-13)18(19(30)28-9-3-6-17(23)24)29(20(14)31)11-12-4-1-2-5-16(12)21(25,26)27/h1-2,4-5,7-8,10,17-18H,3,6,9,11H2,(H,28,30). The second-order valence-electron chi connectivity index (χ2n) is 7.05. The first kappa shape index (κ1) is 23.0. The SMILES string of the molecule is O=C(NCCCC(F)F)C1c2cc(Cl)ccc2C(=O)N1Cc1ccccc1C(F)(F)F. The molecule has 2 amide bonds. The maximum absolute atomic E-state index is 13.4. The quantitative estimate of drug-likeness (QED) is 0.455. The Kier molecular flexibility index (Phi) is 6.83. The van der Waals surface area contributed by atoms with Crippen LogP contribution in [0.5, 0.6) is 0 Å². The lowest BCUT2D eigenvalue weighted by molar-refractivity contribution is -0.138. The predicted octanol–water partition coefficient (Wildman–Crippen LogP) is 5.22. The summed E-state index contributed by atoms with van der Waals surface area (Å²) in [5.41, 5.74) is -0.666. The summed E-state index contributed by atoms with van der Waals surface area (Å²) in [4.78, 5) is 26.8. The lowest BCUT2D eigenvalue weighted by Crippen LogP contribution is -2.39. The van der Waals surface area contributed by atoms with Crippen molar-refractivity contribution in [3.8, 4) is 0 Å². The molecule has 0 aromatic heterocycles. The number of alkyl halides is 5. The molecule has 10 heteroatoms. The molecule has 31 heavy (non-hydrogen) atoms. The van der Waals surface area contributed by atoms with Gasteiger partial charge in [0.1, 0.15) is 6.04 Å². The number of carbonyl (C=O) groups is 2. The Hall–Kier alpha value is -2.68. The molecule has 3 rings (SSSR count). The number of halogens is 6. The third-order valence-electron chi connectivity index (χ3n) is 4.92. The van der Waals surface area contributed by atoms with Gasteiger partial charge in [0, 0.05) is 30.1 Å². The number of hydrogen-bond donors (Lipinski definition) is 1. The lowest BCUT2D eigenvalue weighted by Gasteiger charge is -2.26. The lowest BCUT2D eigenvalue weighted by atomic mass is 10.0. The van der Waals surface area contributed by atoms with Gasteiger partial charge in [0.25, 0.3) is 5.91 Å². The van der Waals surface area contributed by atoms with E-state index in [0.29, 0.717) is 0 Å². The van der Waals surface area contributed by atoms with Crippen LogP contribution >= 0.6 is 11.6 Å². The molecule has 1 aliphatic heterocycles. The van der Waals surface area contributed by atoms with Crippen molar-refractivity contribution in [2.75, 3.05) is 6.54 Å². The molecule has 1 N–H and O–H groups in total. The Bertz CT molecular complexity index is 980. The first-order valence-electron chi connectivity index (χ1n) is 9.41. The Balaban J connectivity index is 1.91. The van der Waals surface area contributed by atoms with Crippen molar-refractivity contribution in [1.82, 2.24) is 10.2 Å². The summed E-state index contributed by atoms with van der Waals surface area (Å²) in [6, 6.07) is 7.83. The van der Waals surface area contributed by atoms with E-state index in [-0.39, 0.29) is 34.7 Å². The number of hydrogen-bond acceptors (Lipinski definition) is 2. The molecule has 0 bridgehead atoms. The number of benzene rings is 2. The molecular weight excluding hydrogens is 443 g/mol. The van der Waals surface area contributed by atoms with Crippen LogP contribution in [-0.4, -0.2) is 29.7 Å². The van der Waals surface area contributed by atoms with Gasteiger partial charge < -0.3 is 10.2 Å². The summed E-state index contributed by atoms with van der Waals surface area (Å²) in [5.74, 6) is -1.29. The second kappa shape index (κ2) is 9.21. The van der Waals surface area contributed by atoms with Crippen LogP contribution in [0.25, 0.3) is 0 Å². The number of amides is 2. The van der Waals surface area contributed by atoms with E-state index in [9.17, 15) is 31.5 Å². The van der Waals surface area contributed by atoms with Crippen molar-refractivity contribution in [2.24, 2.45) is 0 Å². The molecule has 0 radical (unpaired) electrons. The van der Waals surface area contributed by atoms with E-state index in [1.807, 2.05) is 0 Å². The zero-order valence-corrected chi connectivity index (χ0v) is 16.8. The second-order valence-corrected chi connectivity index (χ2v) is 7.48. The van der Waals surface area contributed by atoms with Gasteiger partial charge in [0.15, 0.2) is 0 Å². The van der Waals surface area contributed by atoms with Crippen LogP contribution in [0.1, 0.15) is 45.9 Å². The molecule has 1 aliphatic rings. The molecule has 0 saturated heterocycles. The van der Waals surface area contributed by atoms with Gasteiger partial charge in [-0.2, -0.15) is 13.2 Å². The highest BCUT2D eigenvalue weighted by Crippen LogP contribution is 2.39. The average molecular weight is 461 g/mol. The maximum atomic E-state index is 13.4. The molecule has 4 nitrogen and oxygen atoms in total. The average Bonchev–Trinajstić information content (AvgIpc) is 2.95. The zero-order chi connectivity index (χ0) is 22.8. The number of fused-ring (bicyclic) bond motifs is 1. The van der Waals surface area contributed by atoms with Crippen molar-refractivity contribution in [2.45, 2.75) is 38.0 Å². The van der Waals surface area contributed by atoms with E-state index >= 15 is 0 Å². The van der Waals surface area contributed by atoms with Crippen LogP contribution < -0.4 is 5.32 Å². The number of rotatable bonds is 7. The molecule has 2 aromatic carbocycles. The van der Waals surface area contributed by atoms with Gasteiger partial charge in [0.05, 0.1) is 5.56 Å². The Labute approximate surface area is 180 Å². The van der Waals surface area contributed by atoms with Crippen LogP contribution in [0.15, 0.2) is 42.5 Å². The Morgan fingerprint density at radius 1 is 1.16 bits per heavy atom. The van der Waals surface area contributed by atoms with Gasteiger partial charge in [-0.15, -0.1) is 0 Å². The fourth-order valence-electron chi connectivity index (χ4n) is 3.52. The number of nitrogens with one attached hydrogen (secondary N) is 1. The highest BCUT2D eigenvalue weighted by atomic mass is 35.5. The van der Waals surface area contributed by atoms with Crippen LogP contribution in [0.2, 0.25) is 5.02 Å². The minimum atomic E-state index is -4.64. The highest BCUT2D eigenvalue weighted by Gasteiger charge is 2.42. The summed E-state index contributed by atoms with van der Waals surface area (Å²) in [7, 11) is 0. The molecule has 1 unspecified atom stereocenters. The monoisotopic (exact) mass is 460 g/mol. The minimum absolute atomic E-state index is 0.0172. The van der Waals surface area contributed by atoms with E-state index < -0.39 is 49.0 Å². The van der Waals surface area contributed by atoms with Crippen molar-refractivity contribution < 1.29 is 31.5 Å². The smallest absolute Gasteiger partial charge is 0.354 e. The largest absolute Gasteiger partial charge is 0.416 e. The van der Waals surface area contributed by atoms with Gasteiger partial charge in [-0.1, -0.05) is 29.8 Å². The molecule has 1 atom stereocenters. The molecule has 0 aliphatic carbocycles. The topological polar surface area (TPSA) is 49.4 Å². The van der Waals surface area contributed by atoms with Crippen molar-refractivity contribution >= 4 is 23.4 Å². The summed E-state index contributed by atoms with van der Waals surface area (Å²) in [6.07, 6.45) is -7.54. The zero-order valence-electron chi connectivity index (χ0n) is 16.1. The predicted molar refractivity (Wildman–Crippen MR) is 104 cm³/mol. The molecule has 0 saturated carbocycles. The molecular formula is C21H18ClF5N2O2. The minimum Gasteiger partial charge on any atom is -0.354 e. The van der Waals surface area contributed by atoms with Gasteiger partial charge in [-0.05, 0) is 41.8 Å². The van der Waals surface area contributed by atoms with Crippen LogP contribution in [-0.2, 0) is 17.5 Å². The van der Waals surface area contributed by atoms with E-state index in [1.165, 1.54) is 36.4 Å². The maximum Gasteiger partial charge on any atom is 0.416 e. The van der Waals surface area contributed by atoms with Crippen molar-refractivity contribution in [1.29, 1.82) is 0 Å². The van der Waals surface area contributed by atoms with Crippen molar-refractivity contribution in [3.05, 3.63) is 69.7 Å². The van der Waals surface area contributed by atoms with Gasteiger partial charge in [0.2, 0.25) is 12.3 Å².